The molecule has 0 saturated heterocycles. The van der Waals surface area contributed by atoms with Crippen molar-refractivity contribution in [3.8, 4) is 0 Å². The molecule has 0 aliphatic heterocycles. The number of nitrogens with one attached hydrogen (secondary N) is 1. The first kappa shape index (κ1) is 15.1. The average molecular weight is 288 g/mol. The number of likely N-dealkylation sites (N-methyl/N-ethyl adjacent to an activating group) is 1. The van der Waals surface area contributed by atoms with E-state index in [4.69, 9.17) is 11.6 Å². The molecular weight excluding hydrogens is 266 g/mol. The molecule has 20 heavy (non-hydrogen) atoms. The first-order valence-corrected chi connectivity index (χ1v) is 7.38. The van der Waals surface area contributed by atoms with Crippen LogP contribution in [0.5, 0.6) is 0 Å². The zero-order valence-corrected chi connectivity index (χ0v) is 13.4. The summed E-state index contributed by atoms with van der Waals surface area (Å²) in [5.41, 5.74) is 6.35. The number of benzene rings is 2. The van der Waals surface area contributed by atoms with Crippen LogP contribution in [0.3, 0.4) is 0 Å². The number of hydrogen-bond donors (Lipinski definition) is 1. The Morgan fingerprint density at radius 2 is 1.65 bits per heavy atom. The summed E-state index contributed by atoms with van der Waals surface area (Å²) in [6.07, 6.45) is 0.903. The van der Waals surface area contributed by atoms with Crippen molar-refractivity contribution >= 4 is 11.6 Å². The van der Waals surface area contributed by atoms with Gasteiger partial charge in [0, 0.05) is 11.1 Å². The predicted molar refractivity (Wildman–Crippen MR) is 87.6 cm³/mol. The minimum Gasteiger partial charge on any atom is -0.313 e. The zero-order valence-electron chi connectivity index (χ0n) is 12.6. The van der Waals surface area contributed by atoms with E-state index in [9.17, 15) is 0 Å². The van der Waals surface area contributed by atoms with Crippen molar-refractivity contribution < 1.29 is 0 Å². The molecule has 1 unspecified atom stereocenters. The van der Waals surface area contributed by atoms with E-state index in [1.165, 1.54) is 27.8 Å². The molecule has 0 aliphatic rings. The maximum Gasteiger partial charge on any atom is 0.0441 e. The molecule has 0 aromatic heterocycles. The highest BCUT2D eigenvalue weighted by Gasteiger charge is 2.14. The Bertz CT molecular complexity index is 604. The first-order chi connectivity index (χ1) is 9.51. The van der Waals surface area contributed by atoms with E-state index in [1.54, 1.807) is 0 Å². The Morgan fingerprint density at radius 3 is 2.30 bits per heavy atom. The molecule has 2 aromatic carbocycles. The number of aryl methyl sites for hydroxylation is 3. The van der Waals surface area contributed by atoms with Crippen LogP contribution in [0.1, 0.15) is 33.9 Å². The van der Waals surface area contributed by atoms with Crippen LogP contribution in [0, 0.1) is 20.8 Å². The van der Waals surface area contributed by atoms with Crippen LogP contribution >= 0.6 is 11.6 Å². The van der Waals surface area contributed by atoms with Gasteiger partial charge in [-0.2, -0.15) is 0 Å². The highest BCUT2D eigenvalue weighted by atomic mass is 35.5. The van der Waals surface area contributed by atoms with Gasteiger partial charge in [-0.05, 0) is 62.6 Å². The van der Waals surface area contributed by atoms with Gasteiger partial charge in [0.2, 0.25) is 0 Å². The third kappa shape index (κ3) is 3.41. The molecule has 2 heteroatoms. The molecule has 0 spiro atoms. The third-order valence-corrected chi connectivity index (χ3v) is 4.14. The largest absolute Gasteiger partial charge is 0.313 e. The number of hydrogen-bond acceptors (Lipinski definition) is 1. The Kier molecular flexibility index (Phi) is 4.85. The Morgan fingerprint density at radius 1 is 1.00 bits per heavy atom. The summed E-state index contributed by atoms with van der Waals surface area (Å²) < 4.78 is 0. The summed E-state index contributed by atoms with van der Waals surface area (Å²) >= 11 is 6.36. The second-order valence-electron chi connectivity index (χ2n) is 5.50. The molecule has 0 aliphatic carbocycles. The van der Waals surface area contributed by atoms with E-state index in [0.29, 0.717) is 0 Å². The van der Waals surface area contributed by atoms with Crippen LogP contribution in [0.4, 0.5) is 0 Å². The second-order valence-corrected chi connectivity index (χ2v) is 5.91. The van der Waals surface area contributed by atoms with Crippen LogP contribution in [0.15, 0.2) is 36.4 Å². The van der Waals surface area contributed by atoms with Crippen LogP contribution in [-0.2, 0) is 6.42 Å². The summed E-state index contributed by atoms with van der Waals surface area (Å²) in [7, 11) is 2.01. The maximum absolute atomic E-state index is 6.36. The fraction of sp³-hybridized carbons (Fsp3) is 0.333. The van der Waals surface area contributed by atoms with Gasteiger partial charge in [-0.25, -0.2) is 0 Å². The Hall–Kier alpha value is -1.31. The third-order valence-electron chi connectivity index (χ3n) is 3.79. The van der Waals surface area contributed by atoms with Crippen LogP contribution in [-0.4, -0.2) is 7.05 Å². The van der Waals surface area contributed by atoms with Gasteiger partial charge in [-0.3, -0.25) is 0 Å². The van der Waals surface area contributed by atoms with Gasteiger partial charge in [0.15, 0.2) is 0 Å². The molecule has 0 heterocycles. The molecule has 1 atom stereocenters. The highest BCUT2D eigenvalue weighted by Crippen LogP contribution is 2.26. The van der Waals surface area contributed by atoms with E-state index in [-0.39, 0.29) is 6.04 Å². The number of rotatable bonds is 4. The highest BCUT2D eigenvalue weighted by molar-refractivity contribution is 6.31. The molecule has 1 nitrogen and oxygen atoms in total. The Labute approximate surface area is 127 Å². The fourth-order valence-corrected chi connectivity index (χ4v) is 2.85. The van der Waals surface area contributed by atoms with Crippen molar-refractivity contribution in [2.45, 2.75) is 33.2 Å². The predicted octanol–water partition coefficient (Wildman–Crippen LogP) is 4.77. The Balaban J connectivity index is 2.31. The van der Waals surface area contributed by atoms with Crippen molar-refractivity contribution in [2.24, 2.45) is 0 Å². The van der Waals surface area contributed by atoms with Gasteiger partial charge in [0.1, 0.15) is 0 Å². The lowest BCUT2D eigenvalue weighted by Crippen LogP contribution is -2.20. The molecular formula is C18H22ClN. The molecule has 106 valence electrons. The summed E-state index contributed by atoms with van der Waals surface area (Å²) in [5.74, 6) is 0. The SMILES string of the molecule is CNC(Cc1ccc(C)cc1Cl)c1cc(C)ccc1C. The van der Waals surface area contributed by atoms with E-state index < -0.39 is 0 Å². The monoisotopic (exact) mass is 287 g/mol. The summed E-state index contributed by atoms with van der Waals surface area (Å²) in [4.78, 5) is 0. The standard InChI is InChI=1S/C18H22ClN/c1-12-5-7-14(3)16(9-12)18(20-4)11-15-8-6-13(2)10-17(15)19/h5-10,18,20H,11H2,1-4H3. The van der Waals surface area contributed by atoms with Crippen molar-refractivity contribution in [3.05, 3.63) is 69.2 Å². The van der Waals surface area contributed by atoms with Gasteiger partial charge in [-0.1, -0.05) is 47.5 Å². The van der Waals surface area contributed by atoms with Gasteiger partial charge >= 0.3 is 0 Å². The van der Waals surface area contributed by atoms with Crippen LogP contribution < -0.4 is 5.32 Å². The van der Waals surface area contributed by atoms with Crippen molar-refractivity contribution in [3.63, 3.8) is 0 Å². The zero-order chi connectivity index (χ0) is 14.7. The lowest BCUT2D eigenvalue weighted by molar-refractivity contribution is 0.588. The second kappa shape index (κ2) is 6.43. The van der Waals surface area contributed by atoms with Crippen LogP contribution in [0.2, 0.25) is 5.02 Å². The van der Waals surface area contributed by atoms with Gasteiger partial charge in [0.05, 0.1) is 0 Å². The maximum atomic E-state index is 6.36. The number of halogens is 1. The molecule has 0 saturated carbocycles. The molecule has 2 rings (SSSR count). The molecule has 2 aromatic rings. The summed E-state index contributed by atoms with van der Waals surface area (Å²) in [6, 6.07) is 13.2. The van der Waals surface area contributed by atoms with E-state index >= 15 is 0 Å². The van der Waals surface area contributed by atoms with E-state index in [1.807, 2.05) is 13.1 Å². The molecule has 1 N–H and O–H groups in total. The van der Waals surface area contributed by atoms with Crippen molar-refractivity contribution in [1.82, 2.24) is 5.32 Å². The molecule has 0 amide bonds. The lowest BCUT2D eigenvalue weighted by atomic mass is 9.94. The summed E-state index contributed by atoms with van der Waals surface area (Å²) in [6.45, 7) is 6.36. The fourth-order valence-electron chi connectivity index (χ4n) is 2.54. The van der Waals surface area contributed by atoms with Gasteiger partial charge in [0.25, 0.3) is 0 Å². The normalized spacial score (nSPS) is 12.4. The minimum absolute atomic E-state index is 0.287. The van der Waals surface area contributed by atoms with Gasteiger partial charge in [-0.15, -0.1) is 0 Å². The van der Waals surface area contributed by atoms with Crippen molar-refractivity contribution in [2.75, 3.05) is 7.05 Å². The van der Waals surface area contributed by atoms with Crippen LogP contribution in [0.25, 0.3) is 0 Å². The minimum atomic E-state index is 0.287. The van der Waals surface area contributed by atoms with Gasteiger partial charge < -0.3 is 5.32 Å². The van der Waals surface area contributed by atoms with E-state index in [2.05, 4.69) is 56.4 Å². The smallest absolute Gasteiger partial charge is 0.0441 e. The topological polar surface area (TPSA) is 12.0 Å². The summed E-state index contributed by atoms with van der Waals surface area (Å²) in [5, 5.41) is 4.28. The quantitative estimate of drug-likeness (QED) is 0.854. The molecule has 0 fully saturated rings. The lowest BCUT2D eigenvalue weighted by Gasteiger charge is -2.20. The molecule has 0 bridgehead atoms. The molecule has 0 radical (unpaired) electrons. The van der Waals surface area contributed by atoms with E-state index in [0.717, 1.165) is 11.4 Å². The van der Waals surface area contributed by atoms with Crippen molar-refractivity contribution in [1.29, 1.82) is 0 Å². The average Bonchev–Trinajstić information content (AvgIpc) is 2.41. The first-order valence-electron chi connectivity index (χ1n) is 7.00.